The number of aliphatic carboxylic acids is 1. The summed E-state index contributed by atoms with van der Waals surface area (Å²) >= 11 is 0. The fourth-order valence-electron chi connectivity index (χ4n) is 4.51. The summed E-state index contributed by atoms with van der Waals surface area (Å²) in [5.74, 6) is -0.524. The number of rotatable bonds is 13. The van der Waals surface area contributed by atoms with Crippen molar-refractivity contribution in [2.75, 3.05) is 14.2 Å². The molecule has 3 rings (SSSR count). The first kappa shape index (κ1) is 28.5. The van der Waals surface area contributed by atoms with E-state index in [-0.39, 0.29) is 12.0 Å². The van der Waals surface area contributed by atoms with E-state index in [0.29, 0.717) is 35.5 Å². The Bertz CT molecular complexity index is 1280. The van der Waals surface area contributed by atoms with Gasteiger partial charge in [-0.05, 0) is 48.2 Å². The van der Waals surface area contributed by atoms with E-state index in [4.69, 9.17) is 9.47 Å². The molecule has 0 fully saturated rings. The van der Waals surface area contributed by atoms with Gasteiger partial charge in [-0.2, -0.15) is 0 Å². The normalized spacial score (nSPS) is 12.4. The monoisotopic (exact) mass is 520 g/mol. The number of amides is 1. The van der Waals surface area contributed by atoms with E-state index < -0.39 is 24.0 Å². The first-order valence-corrected chi connectivity index (χ1v) is 12.8. The van der Waals surface area contributed by atoms with Crippen LogP contribution in [-0.2, 0) is 16.0 Å². The topological polar surface area (TPSA) is 107 Å². The molecule has 0 radical (unpaired) electrons. The number of pyridine rings is 1. The molecule has 2 atom stereocenters. The number of carbonyl (C=O) groups excluding carboxylic acids is 1. The maximum atomic E-state index is 13.7. The molecule has 0 bridgehead atoms. The molecule has 1 aromatic heterocycles. The summed E-state index contributed by atoms with van der Waals surface area (Å²) in [6.07, 6.45) is 3.82. The van der Waals surface area contributed by atoms with Gasteiger partial charge in [0.25, 0.3) is 5.56 Å². The molecule has 2 aromatic carbocycles. The molecule has 3 aromatic rings. The van der Waals surface area contributed by atoms with Crippen LogP contribution in [0.1, 0.15) is 66.9 Å². The average molecular weight is 521 g/mol. The lowest BCUT2D eigenvalue weighted by molar-refractivity contribution is -0.138. The Morgan fingerprint density at radius 3 is 2.26 bits per heavy atom. The summed E-state index contributed by atoms with van der Waals surface area (Å²) in [6.45, 7) is 3.92. The molecule has 0 spiro atoms. The zero-order valence-electron chi connectivity index (χ0n) is 22.4. The van der Waals surface area contributed by atoms with Gasteiger partial charge in [0, 0.05) is 24.2 Å². The number of benzene rings is 2. The van der Waals surface area contributed by atoms with E-state index >= 15 is 0 Å². The van der Waals surface area contributed by atoms with Gasteiger partial charge in [-0.3, -0.25) is 14.4 Å². The molecule has 1 amide bonds. The maximum Gasteiger partial charge on any atom is 0.305 e. The summed E-state index contributed by atoms with van der Waals surface area (Å²) in [5, 5.41) is 12.5. The minimum Gasteiger partial charge on any atom is -0.497 e. The predicted octanol–water partition coefficient (Wildman–Crippen LogP) is 4.83. The quantitative estimate of drug-likeness (QED) is 0.334. The summed E-state index contributed by atoms with van der Waals surface area (Å²) in [4.78, 5) is 39.1. The number of ether oxygens (including phenoxy) is 2. The minimum atomic E-state index is -1.07. The highest BCUT2D eigenvalue weighted by atomic mass is 16.5. The Balaban J connectivity index is 1.99. The smallest absolute Gasteiger partial charge is 0.305 e. The van der Waals surface area contributed by atoms with Crippen LogP contribution in [0.2, 0.25) is 0 Å². The lowest BCUT2D eigenvalue weighted by Gasteiger charge is -2.25. The van der Waals surface area contributed by atoms with Crippen LogP contribution >= 0.6 is 0 Å². The van der Waals surface area contributed by atoms with E-state index in [9.17, 15) is 19.5 Å². The standard InChI is InChI=1S/C30H36N2O6/c1-5-6-12-27(32-19-20(2)13-23(30(32)36)14-21-10-8-7-9-11-21)29(35)31-26(18-28(33)34)22-15-24(37-3)17-25(16-22)38-4/h7-11,13,15-17,19,26-27H,5-6,12,14,18H2,1-4H3,(H,31,35)(H,33,34)/t26-,27-/m0/s1. The second kappa shape index (κ2) is 13.5. The molecule has 0 aliphatic heterocycles. The summed E-state index contributed by atoms with van der Waals surface area (Å²) < 4.78 is 12.2. The van der Waals surface area contributed by atoms with Crippen molar-refractivity contribution in [3.8, 4) is 11.5 Å². The van der Waals surface area contributed by atoms with Gasteiger partial charge in [0.15, 0.2) is 0 Å². The van der Waals surface area contributed by atoms with Gasteiger partial charge in [0.1, 0.15) is 17.5 Å². The predicted molar refractivity (Wildman–Crippen MR) is 146 cm³/mol. The van der Waals surface area contributed by atoms with Gasteiger partial charge in [0.2, 0.25) is 5.91 Å². The number of carbonyl (C=O) groups is 2. The van der Waals surface area contributed by atoms with Crippen molar-refractivity contribution >= 4 is 11.9 Å². The van der Waals surface area contributed by atoms with Crippen LogP contribution in [0.3, 0.4) is 0 Å². The van der Waals surface area contributed by atoms with Gasteiger partial charge >= 0.3 is 5.97 Å². The van der Waals surface area contributed by atoms with Gasteiger partial charge in [-0.15, -0.1) is 0 Å². The highest BCUT2D eigenvalue weighted by Gasteiger charge is 2.27. The van der Waals surface area contributed by atoms with Gasteiger partial charge < -0.3 is 24.5 Å². The SMILES string of the molecule is CCCC[C@@H](C(=O)N[C@@H](CC(=O)O)c1cc(OC)cc(OC)c1)n1cc(C)cc(Cc2ccccc2)c1=O. The zero-order valence-corrected chi connectivity index (χ0v) is 22.4. The van der Waals surface area contributed by atoms with Crippen LogP contribution in [0, 0.1) is 6.92 Å². The molecule has 2 N–H and O–H groups in total. The van der Waals surface area contributed by atoms with E-state index in [1.54, 1.807) is 24.4 Å². The molecule has 0 saturated carbocycles. The molecule has 0 unspecified atom stereocenters. The van der Waals surface area contributed by atoms with Crippen LogP contribution in [0.15, 0.2) is 65.6 Å². The van der Waals surface area contributed by atoms with Crippen molar-refractivity contribution in [1.82, 2.24) is 9.88 Å². The number of methoxy groups -OCH3 is 2. The minimum absolute atomic E-state index is 0.228. The molecule has 202 valence electrons. The second-order valence-electron chi connectivity index (χ2n) is 9.38. The average Bonchev–Trinajstić information content (AvgIpc) is 2.90. The maximum absolute atomic E-state index is 13.7. The number of carboxylic acid groups (broad SMARTS) is 1. The molecular formula is C30H36N2O6. The Kier molecular flexibility index (Phi) is 10.1. The van der Waals surface area contributed by atoms with E-state index in [0.717, 1.165) is 24.0 Å². The van der Waals surface area contributed by atoms with Crippen molar-refractivity contribution in [2.45, 2.75) is 58.0 Å². The first-order chi connectivity index (χ1) is 18.2. The number of carboxylic acids is 1. The van der Waals surface area contributed by atoms with Crippen molar-refractivity contribution in [3.05, 3.63) is 93.4 Å². The Hall–Kier alpha value is -4.07. The molecular weight excluding hydrogens is 484 g/mol. The number of hydrogen-bond acceptors (Lipinski definition) is 5. The fourth-order valence-corrected chi connectivity index (χ4v) is 4.51. The van der Waals surface area contributed by atoms with Crippen LogP contribution in [0.5, 0.6) is 11.5 Å². The van der Waals surface area contributed by atoms with E-state index in [1.807, 2.05) is 50.2 Å². The molecule has 1 heterocycles. The van der Waals surface area contributed by atoms with Crippen molar-refractivity contribution in [2.24, 2.45) is 0 Å². The molecule has 0 saturated heterocycles. The lowest BCUT2D eigenvalue weighted by Crippen LogP contribution is -2.40. The molecule has 0 aliphatic rings. The summed E-state index contributed by atoms with van der Waals surface area (Å²) in [6, 6.07) is 15.0. The second-order valence-corrected chi connectivity index (χ2v) is 9.38. The third kappa shape index (κ3) is 7.47. The van der Waals surface area contributed by atoms with E-state index in [1.165, 1.54) is 18.8 Å². The lowest BCUT2D eigenvalue weighted by atomic mass is 10.0. The van der Waals surface area contributed by atoms with Crippen LogP contribution < -0.4 is 20.3 Å². The van der Waals surface area contributed by atoms with Crippen LogP contribution in [0.4, 0.5) is 0 Å². The summed E-state index contributed by atoms with van der Waals surface area (Å²) in [5.41, 5.74) is 2.78. The third-order valence-electron chi connectivity index (χ3n) is 6.43. The van der Waals surface area contributed by atoms with Crippen molar-refractivity contribution in [1.29, 1.82) is 0 Å². The number of aryl methyl sites for hydroxylation is 1. The third-order valence-corrected chi connectivity index (χ3v) is 6.43. The number of unbranched alkanes of at least 4 members (excludes halogenated alkanes) is 1. The number of nitrogens with one attached hydrogen (secondary N) is 1. The number of nitrogens with zero attached hydrogens (tertiary/aromatic N) is 1. The molecule has 8 heteroatoms. The van der Waals surface area contributed by atoms with E-state index in [2.05, 4.69) is 5.32 Å². The van der Waals surface area contributed by atoms with Gasteiger partial charge in [-0.25, -0.2) is 0 Å². The van der Waals surface area contributed by atoms with Crippen molar-refractivity contribution in [3.63, 3.8) is 0 Å². The zero-order chi connectivity index (χ0) is 27.7. The highest BCUT2D eigenvalue weighted by Crippen LogP contribution is 2.29. The molecule has 0 aliphatic carbocycles. The summed E-state index contributed by atoms with van der Waals surface area (Å²) in [7, 11) is 3.00. The Morgan fingerprint density at radius 2 is 1.68 bits per heavy atom. The number of aromatic nitrogens is 1. The first-order valence-electron chi connectivity index (χ1n) is 12.8. The van der Waals surface area contributed by atoms with Crippen LogP contribution in [0.25, 0.3) is 0 Å². The van der Waals surface area contributed by atoms with Gasteiger partial charge in [0.05, 0.1) is 26.7 Å². The Labute approximate surface area is 223 Å². The molecule has 8 nitrogen and oxygen atoms in total. The molecule has 38 heavy (non-hydrogen) atoms. The fraction of sp³-hybridized carbons (Fsp3) is 0.367. The van der Waals surface area contributed by atoms with Gasteiger partial charge in [-0.1, -0.05) is 50.1 Å². The number of hydrogen-bond donors (Lipinski definition) is 2. The Morgan fingerprint density at radius 1 is 1.03 bits per heavy atom. The van der Waals surface area contributed by atoms with Crippen molar-refractivity contribution < 1.29 is 24.2 Å². The highest BCUT2D eigenvalue weighted by molar-refractivity contribution is 5.81. The largest absolute Gasteiger partial charge is 0.497 e. The van der Waals surface area contributed by atoms with Crippen LogP contribution in [-0.4, -0.2) is 35.8 Å².